The molecule has 0 saturated carbocycles. The molecule has 0 aromatic rings. The zero-order valence-corrected chi connectivity index (χ0v) is 38.6. The molecule has 0 bridgehead atoms. The molecule has 58 heavy (non-hydrogen) atoms. The van der Waals surface area contributed by atoms with E-state index in [0.717, 1.165) is 50.7 Å². The summed E-state index contributed by atoms with van der Waals surface area (Å²) in [6.07, 6.45) is 9.10. The van der Waals surface area contributed by atoms with Gasteiger partial charge < -0.3 is 63.5 Å². The summed E-state index contributed by atoms with van der Waals surface area (Å²) in [6.45, 7) is 14.4. The van der Waals surface area contributed by atoms with Crippen LogP contribution in [-0.2, 0) is 38.0 Å². The molecule has 0 aliphatic carbocycles. The van der Waals surface area contributed by atoms with Crippen molar-refractivity contribution in [2.75, 3.05) is 6.61 Å². The minimum atomic E-state index is -2.07. The van der Waals surface area contributed by atoms with Gasteiger partial charge in [0.15, 0.2) is 11.6 Å². The van der Waals surface area contributed by atoms with E-state index in [1.807, 2.05) is 26.0 Å². The quantitative estimate of drug-likeness (QED) is 0.180. The topological polar surface area (TPSA) is 186 Å². The first kappa shape index (κ1) is 47.4. The molecular formula is C44H67KO13. The average molecular weight is 843 g/mol. The molecule has 7 aliphatic rings. The van der Waals surface area contributed by atoms with Gasteiger partial charge in [-0.25, -0.2) is 0 Å². The monoisotopic (exact) mass is 842 g/mol. The first-order valence-corrected chi connectivity index (χ1v) is 21.6. The zero-order chi connectivity index (χ0) is 40.9. The van der Waals surface area contributed by atoms with Gasteiger partial charge in [0.25, 0.3) is 0 Å². The van der Waals surface area contributed by atoms with Crippen LogP contribution in [-0.4, -0.2) is 117 Å². The van der Waals surface area contributed by atoms with Crippen molar-refractivity contribution >= 4 is 5.97 Å². The molecule has 6 fully saturated rings. The molecule has 14 heteroatoms. The van der Waals surface area contributed by atoms with Crippen LogP contribution in [0.1, 0.15) is 125 Å². The second-order valence-electron chi connectivity index (χ2n) is 18.9. The van der Waals surface area contributed by atoms with Crippen molar-refractivity contribution in [2.45, 2.75) is 209 Å². The summed E-state index contributed by atoms with van der Waals surface area (Å²) in [4.78, 5) is 11.5. The number of fused-ring (bicyclic) bond motifs is 1. The van der Waals surface area contributed by atoms with E-state index in [4.69, 9.17) is 33.2 Å². The normalized spacial score (nSPS) is 44.6. The van der Waals surface area contributed by atoms with E-state index in [0.29, 0.717) is 56.4 Å². The molecule has 17 atom stereocenters. The van der Waals surface area contributed by atoms with Crippen LogP contribution in [0.15, 0.2) is 36.0 Å². The number of hydrogen-bond acceptors (Lipinski definition) is 13. The van der Waals surface area contributed by atoms with E-state index in [9.17, 15) is 30.3 Å². The van der Waals surface area contributed by atoms with Crippen molar-refractivity contribution in [3.63, 3.8) is 0 Å². The van der Waals surface area contributed by atoms with Gasteiger partial charge in [0.1, 0.15) is 30.0 Å². The number of aliphatic hydroxyl groups is 4. The molecule has 0 amide bonds. The van der Waals surface area contributed by atoms with Crippen LogP contribution in [0, 0.1) is 17.8 Å². The van der Waals surface area contributed by atoms with Crippen molar-refractivity contribution in [3.8, 4) is 0 Å². The van der Waals surface area contributed by atoms with Crippen LogP contribution in [0.25, 0.3) is 0 Å². The van der Waals surface area contributed by atoms with Gasteiger partial charge in [0, 0.05) is 38.0 Å². The largest absolute Gasteiger partial charge is 1.00 e. The Balaban J connectivity index is 0.00000567. The Morgan fingerprint density at radius 2 is 1.76 bits per heavy atom. The summed E-state index contributed by atoms with van der Waals surface area (Å²) < 4.78 is 45.2. The van der Waals surface area contributed by atoms with E-state index in [1.165, 1.54) is 6.92 Å². The molecule has 3 spiro atoms. The zero-order valence-electron chi connectivity index (χ0n) is 35.5. The fourth-order valence-corrected chi connectivity index (χ4v) is 10.5. The number of carboxylic acids is 1. The van der Waals surface area contributed by atoms with Crippen molar-refractivity contribution in [1.82, 2.24) is 0 Å². The second kappa shape index (κ2) is 18.9. The van der Waals surface area contributed by atoms with Gasteiger partial charge >= 0.3 is 51.4 Å². The van der Waals surface area contributed by atoms with Crippen LogP contribution in [0.3, 0.4) is 0 Å². The summed E-state index contributed by atoms with van der Waals surface area (Å²) in [6, 6.07) is 0. The number of rotatable bonds is 10. The molecule has 7 aliphatic heterocycles. The van der Waals surface area contributed by atoms with Gasteiger partial charge in [-0.15, -0.1) is 0 Å². The Bertz CT molecular complexity index is 1510. The fourth-order valence-electron chi connectivity index (χ4n) is 10.5. The van der Waals surface area contributed by atoms with Gasteiger partial charge in [-0.1, -0.05) is 45.1 Å². The minimum absolute atomic E-state index is 0. The minimum Gasteiger partial charge on any atom is -0.547 e. The molecule has 6 saturated heterocycles. The van der Waals surface area contributed by atoms with Gasteiger partial charge in [-0.3, -0.25) is 0 Å². The Morgan fingerprint density at radius 1 is 1.02 bits per heavy atom. The predicted octanol–water partition coefficient (Wildman–Crippen LogP) is 0.883. The average Bonchev–Trinajstić information content (AvgIpc) is 3.56. The molecular weight excluding hydrogens is 776 g/mol. The smallest absolute Gasteiger partial charge is 0.547 e. The molecule has 7 heterocycles. The van der Waals surface area contributed by atoms with Crippen LogP contribution in [0.4, 0.5) is 0 Å². The predicted molar refractivity (Wildman–Crippen MR) is 205 cm³/mol. The van der Waals surface area contributed by atoms with Crippen molar-refractivity contribution in [1.29, 1.82) is 0 Å². The maximum absolute atomic E-state index is 11.5. The molecule has 13 nitrogen and oxygen atoms in total. The molecule has 7 rings (SSSR count). The second-order valence-corrected chi connectivity index (χ2v) is 18.9. The van der Waals surface area contributed by atoms with E-state index >= 15 is 0 Å². The summed E-state index contributed by atoms with van der Waals surface area (Å²) >= 11 is 0. The van der Waals surface area contributed by atoms with Gasteiger partial charge in [-0.05, 0) is 95.1 Å². The van der Waals surface area contributed by atoms with Crippen molar-refractivity contribution in [3.05, 3.63) is 36.0 Å². The fraction of sp³-hybridized carbons (Fsp3) is 0.841. The SMILES string of the molecule is C=C1[C@@H](O)[C@@H]2O[C@]3(CC[C@H](/C=C/[C@@H](C)[C@@H]4CC(C)=C[C@@]5(O[C@H](C[C@@](C)(O)C(=O)[O-])CC[C@H]5O)O4)O3)CC[C@H]2O[C@@H]1[C@@H](O)C[C@H](C)[C@H]1O[C@@]2(CCCCO2)CCC1C.[K+]. The number of carbonyl (C=O) groups is 1. The molecule has 0 aromatic heterocycles. The Labute approximate surface area is 386 Å². The standard InChI is InChI=1S/C44H68O13.K/c1-25-21-34(55-44(23-25)35(46)12-11-31(54-44)24-41(6,50)40(48)49)26(2)9-10-30-14-18-43(53-30)19-15-33-39(57-43)36(47)29(5)38(52-33)32(45)22-28(4)37-27(3)13-17-42(56-37)16-7-8-20-51-42;/h9-10,23,26-28,30-39,45-47,50H,5,7-8,11-22,24H2,1-4,6H3,(H,48,49);/q;+1/p-1/b10-9+;/t26-,27?,28+,30+,31+,32+,33-,34+,35-,36-,37+,38+,39-,41-,42+,43-,44-;/m1./s1. The molecule has 322 valence electrons. The van der Waals surface area contributed by atoms with Crippen LogP contribution < -0.4 is 56.5 Å². The summed E-state index contributed by atoms with van der Waals surface area (Å²) in [5, 5.41) is 56.0. The Morgan fingerprint density at radius 3 is 2.48 bits per heavy atom. The summed E-state index contributed by atoms with van der Waals surface area (Å²) in [5.41, 5.74) is -0.677. The Hall–Kier alpha value is -0.114. The van der Waals surface area contributed by atoms with Gasteiger partial charge in [-0.2, -0.15) is 0 Å². The van der Waals surface area contributed by atoms with E-state index in [1.54, 1.807) is 6.08 Å². The molecule has 1 unspecified atom stereocenters. The molecule has 4 N–H and O–H groups in total. The molecule has 0 aromatic carbocycles. The maximum atomic E-state index is 11.5. The molecule has 0 radical (unpaired) electrons. The van der Waals surface area contributed by atoms with E-state index < -0.39 is 71.7 Å². The van der Waals surface area contributed by atoms with Crippen LogP contribution in [0.5, 0.6) is 0 Å². The van der Waals surface area contributed by atoms with Crippen molar-refractivity contribution in [2.24, 2.45) is 17.8 Å². The number of hydrogen-bond donors (Lipinski definition) is 4. The number of ether oxygens (including phenoxy) is 7. The first-order chi connectivity index (χ1) is 26.9. The first-order valence-electron chi connectivity index (χ1n) is 21.6. The third-order valence-electron chi connectivity index (χ3n) is 14.0. The number of carboxylic acid groups (broad SMARTS) is 1. The third-order valence-corrected chi connectivity index (χ3v) is 14.0. The van der Waals surface area contributed by atoms with Crippen molar-refractivity contribution < 1.29 is 115 Å². The third kappa shape index (κ3) is 10.1. The van der Waals surface area contributed by atoms with E-state index in [-0.39, 0.29) is 88.0 Å². The number of aliphatic hydroxyl groups excluding tert-OH is 3. The Kier molecular flexibility index (Phi) is 15.5. The summed E-state index contributed by atoms with van der Waals surface area (Å²) in [5.74, 6) is -4.11. The van der Waals surface area contributed by atoms with Crippen LogP contribution in [0.2, 0.25) is 0 Å². The maximum Gasteiger partial charge on any atom is 1.00 e. The summed E-state index contributed by atoms with van der Waals surface area (Å²) in [7, 11) is 0. The van der Waals surface area contributed by atoms with Gasteiger partial charge in [0.05, 0.1) is 49.2 Å². The number of carbonyl (C=O) groups excluding carboxylic acids is 1. The van der Waals surface area contributed by atoms with Gasteiger partial charge in [0.2, 0.25) is 5.79 Å². The van der Waals surface area contributed by atoms with Crippen LogP contribution >= 0.6 is 0 Å². The number of aliphatic carboxylic acids is 1. The van der Waals surface area contributed by atoms with E-state index in [2.05, 4.69) is 20.4 Å².